The van der Waals surface area contributed by atoms with Crippen molar-refractivity contribution in [3.8, 4) is 5.75 Å². The Morgan fingerprint density at radius 1 is 1.06 bits per heavy atom. The molecule has 0 spiro atoms. The van der Waals surface area contributed by atoms with Crippen LogP contribution in [0.25, 0.3) is 16.5 Å². The van der Waals surface area contributed by atoms with Crippen molar-refractivity contribution in [1.29, 1.82) is 0 Å². The predicted octanol–water partition coefficient (Wildman–Crippen LogP) is 2.87. The highest BCUT2D eigenvalue weighted by atomic mass is 16.5. The molecule has 1 fully saturated rings. The number of nitrogens with zero attached hydrogens (tertiary/aromatic N) is 3. The molecule has 1 aromatic heterocycles. The lowest BCUT2D eigenvalue weighted by molar-refractivity contribution is -0.147. The minimum Gasteiger partial charge on any atom is -0.496 e. The van der Waals surface area contributed by atoms with Crippen molar-refractivity contribution in [2.75, 3.05) is 47.0 Å². The van der Waals surface area contributed by atoms with Crippen LogP contribution in [0.15, 0.2) is 23.8 Å². The highest BCUT2D eigenvalue weighted by Crippen LogP contribution is 2.42. The summed E-state index contributed by atoms with van der Waals surface area (Å²) in [4.78, 5) is 36.3. The molecule has 3 aliphatic rings. The maximum atomic E-state index is 13.5. The van der Waals surface area contributed by atoms with E-state index in [0.717, 1.165) is 73.4 Å². The minimum absolute atomic E-state index is 0. The number of nitrogens with one attached hydrogen (secondary N) is 1. The first-order valence-corrected chi connectivity index (χ1v) is 11.2. The van der Waals surface area contributed by atoms with Crippen molar-refractivity contribution in [3.05, 3.63) is 35.0 Å². The molecule has 2 amide bonds. The van der Waals surface area contributed by atoms with E-state index in [1.165, 1.54) is 16.0 Å². The van der Waals surface area contributed by atoms with Gasteiger partial charge in [-0.2, -0.15) is 0 Å². The van der Waals surface area contributed by atoms with E-state index in [-0.39, 0.29) is 19.7 Å². The highest BCUT2D eigenvalue weighted by Gasteiger charge is 2.33. The van der Waals surface area contributed by atoms with E-state index >= 15 is 0 Å². The number of fused-ring (bicyclic) bond motifs is 4. The van der Waals surface area contributed by atoms with Gasteiger partial charge in [0.05, 0.1) is 20.2 Å². The van der Waals surface area contributed by atoms with Gasteiger partial charge in [-0.15, -0.1) is 0 Å². The Labute approximate surface area is 184 Å². The number of piperazine rings is 1. The van der Waals surface area contributed by atoms with E-state index in [4.69, 9.17) is 4.74 Å². The maximum absolute atomic E-state index is 13.5. The number of carbonyl (C=O) groups is 2. The van der Waals surface area contributed by atoms with Crippen LogP contribution in [0.2, 0.25) is 0 Å². The summed E-state index contributed by atoms with van der Waals surface area (Å²) in [7, 11) is 3.77. The summed E-state index contributed by atoms with van der Waals surface area (Å²) in [6.45, 7) is 4.02. The first-order chi connectivity index (χ1) is 15.0. The summed E-state index contributed by atoms with van der Waals surface area (Å²) in [6, 6.07) is 5.93. The highest BCUT2D eigenvalue weighted by molar-refractivity contribution is 6.03. The molecule has 0 bridgehead atoms. The number of imide groups is 1. The molecule has 2 aromatic rings. The zero-order chi connectivity index (χ0) is 21.5. The van der Waals surface area contributed by atoms with Crippen molar-refractivity contribution in [3.63, 3.8) is 0 Å². The summed E-state index contributed by atoms with van der Waals surface area (Å²) in [5.41, 5.74) is 5.36. The number of carbonyl (C=O) groups excluding carboxylic acids is 2. The first-order valence-electron chi connectivity index (χ1n) is 11.2. The lowest BCUT2D eigenvalue weighted by atomic mass is 9.99. The molecule has 0 saturated carbocycles. The van der Waals surface area contributed by atoms with Gasteiger partial charge in [-0.3, -0.25) is 19.4 Å². The summed E-state index contributed by atoms with van der Waals surface area (Å²) in [5, 5.41) is 0.959. The molecule has 1 aromatic carbocycles. The van der Waals surface area contributed by atoms with Gasteiger partial charge in [0, 0.05) is 50.6 Å². The van der Waals surface area contributed by atoms with Gasteiger partial charge in [-0.1, -0.05) is 11.6 Å². The van der Waals surface area contributed by atoms with Gasteiger partial charge in [0.25, 0.3) is 0 Å². The minimum atomic E-state index is -0.127. The number of hydrogen-bond acceptors (Lipinski definition) is 5. The van der Waals surface area contributed by atoms with Gasteiger partial charge in [0.1, 0.15) is 5.75 Å². The first kappa shape index (κ1) is 20.3. The molecule has 2 aliphatic heterocycles. The van der Waals surface area contributed by atoms with E-state index in [9.17, 15) is 9.59 Å². The Morgan fingerprint density at radius 3 is 2.61 bits per heavy atom. The molecule has 3 heterocycles. The summed E-state index contributed by atoms with van der Waals surface area (Å²) >= 11 is 0. The lowest BCUT2D eigenvalue weighted by Crippen LogP contribution is -2.51. The monoisotopic (exact) mass is 424 g/mol. The van der Waals surface area contributed by atoms with E-state index in [1.54, 1.807) is 7.11 Å². The van der Waals surface area contributed by atoms with Crippen LogP contribution in [0.4, 0.5) is 0 Å². The van der Waals surface area contributed by atoms with E-state index in [2.05, 4.69) is 21.8 Å². The van der Waals surface area contributed by atoms with Gasteiger partial charge in [0.2, 0.25) is 11.8 Å². The Bertz CT molecular complexity index is 1070. The molecule has 5 rings (SSSR count). The number of allylic oxidation sites excluding steroid dienone is 1. The molecule has 166 valence electrons. The van der Waals surface area contributed by atoms with Crippen molar-refractivity contribution in [1.82, 2.24) is 19.7 Å². The molecule has 0 unspecified atom stereocenters. The molecule has 1 aliphatic carbocycles. The second kappa shape index (κ2) is 8.13. The second-order valence-corrected chi connectivity index (χ2v) is 8.93. The maximum Gasteiger partial charge on any atom is 0.234 e. The van der Waals surface area contributed by atoms with Crippen LogP contribution in [0.1, 0.15) is 38.4 Å². The van der Waals surface area contributed by atoms with Crippen molar-refractivity contribution < 1.29 is 15.8 Å². The largest absolute Gasteiger partial charge is 0.496 e. The molecular weight excluding hydrogens is 392 g/mol. The molecule has 1 N–H and O–H groups in total. The van der Waals surface area contributed by atoms with Crippen LogP contribution >= 0.6 is 0 Å². The number of aromatic nitrogens is 1. The number of methoxy groups -OCH3 is 1. The summed E-state index contributed by atoms with van der Waals surface area (Å²) in [5.74, 6) is 0.567. The van der Waals surface area contributed by atoms with E-state index in [1.807, 2.05) is 18.2 Å². The molecule has 7 nitrogen and oxygen atoms in total. The summed E-state index contributed by atoms with van der Waals surface area (Å²) < 4.78 is 5.64. The van der Waals surface area contributed by atoms with Crippen LogP contribution < -0.4 is 4.74 Å². The number of likely N-dealkylation sites (N-methyl/N-ethyl adjacent to an activating group) is 1. The summed E-state index contributed by atoms with van der Waals surface area (Å²) in [6.07, 6.45) is 3.45. The predicted molar refractivity (Wildman–Crippen MR) is 122 cm³/mol. The van der Waals surface area contributed by atoms with Crippen molar-refractivity contribution >= 4 is 28.3 Å². The Morgan fingerprint density at radius 2 is 1.84 bits per heavy atom. The quantitative estimate of drug-likeness (QED) is 0.768. The van der Waals surface area contributed by atoms with Crippen LogP contribution in [0, 0.1) is 0 Å². The molecular formula is C24H32N4O3. The zero-order valence-corrected chi connectivity index (χ0v) is 18.4. The van der Waals surface area contributed by atoms with Crippen LogP contribution in [0.5, 0.6) is 5.75 Å². The lowest BCUT2D eigenvalue weighted by Gasteiger charge is -2.35. The standard InChI is InChI=1S/C24H30N4O3.H2/c1-26-9-11-27(12-10-26)15-28-21(29)13-16-5-3-6-17(16)24-18(14-22(28)30)23-19(25-24)7-4-8-20(23)31-2;/h4,7-8,25H,3,5-6,9-15H2,1-2H3;1H. The van der Waals surface area contributed by atoms with Crippen LogP contribution in [-0.2, 0) is 16.0 Å². The molecule has 31 heavy (non-hydrogen) atoms. The van der Waals surface area contributed by atoms with Crippen LogP contribution in [0.3, 0.4) is 0 Å². The number of rotatable bonds is 3. The fraction of sp³-hybridized carbons (Fsp3) is 0.500. The van der Waals surface area contributed by atoms with E-state index in [0.29, 0.717) is 13.1 Å². The third kappa shape index (κ3) is 3.66. The van der Waals surface area contributed by atoms with Gasteiger partial charge >= 0.3 is 0 Å². The average Bonchev–Trinajstić information content (AvgIpc) is 3.37. The van der Waals surface area contributed by atoms with Crippen molar-refractivity contribution in [2.24, 2.45) is 0 Å². The Hall–Kier alpha value is -2.64. The van der Waals surface area contributed by atoms with Gasteiger partial charge in [0.15, 0.2) is 0 Å². The third-order valence-corrected chi connectivity index (χ3v) is 6.98. The van der Waals surface area contributed by atoms with Crippen molar-refractivity contribution in [2.45, 2.75) is 32.1 Å². The fourth-order valence-electron chi connectivity index (χ4n) is 5.20. The normalized spacial score (nSPS) is 21.2. The molecule has 0 radical (unpaired) electrons. The third-order valence-electron chi connectivity index (χ3n) is 6.98. The number of hydrogen-bond donors (Lipinski definition) is 1. The van der Waals surface area contributed by atoms with E-state index < -0.39 is 0 Å². The Balaban J connectivity index is 0.00000245. The smallest absolute Gasteiger partial charge is 0.234 e. The number of benzene rings is 1. The molecule has 7 heteroatoms. The molecule has 1 saturated heterocycles. The SMILES string of the molecule is COc1cccc2[nH]c3c(c12)CC(=O)N(CN1CCN(C)CC1)C(=O)CC1=C3CCC1.[HH]. The zero-order valence-electron chi connectivity index (χ0n) is 18.4. The van der Waals surface area contributed by atoms with Gasteiger partial charge in [-0.25, -0.2) is 0 Å². The number of H-pyrrole nitrogens is 1. The van der Waals surface area contributed by atoms with Gasteiger partial charge in [-0.05, 0) is 49.6 Å². The number of ether oxygens (including phenoxy) is 1. The number of amides is 2. The Kier molecular flexibility index (Phi) is 5.32. The molecule has 0 atom stereocenters. The fourth-order valence-corrected chi connectivity index (χ4v) is 5.20. The topological polar surface area (TPSA) is 68.9 Å². The number of aromatic amines is 1. The van der Waals surface area contributed by atoms with Crippen LogP contribution in [-0.4, -0.2) is 78.5 Å². The average molecular weight is 425 g/mol. The second-order valence-electron chi connectivity index (χ2n) is 8.93. The van der Waals surface area contributed by atoms with Gasteiger partial charge < -0.3 is 14.6 Å².